The lowest BCUT2D eigenvalue weighted by Crippen LogP contribution is -2.19. The first-order chi connectivity index (χ1) is 12.8. The van der Waals surface area contributed by atoms with Crippen LogP contribution in [0.2, 0.25) is 5.02 Å². The summed E-state index contributed by atoms with van der Waals surface area (Å²) >= 11 is 5.78. The number of aromatic nitrogens is 1. The minimum Gasteiger partial charge on any atom is -0.454 e. The van der Waals surface area contributed by atoms with Crippen molar-refractivity contribution >= 4 is 34.3 Å². The van der Waals surface area contributed by atoms with E-state index in [1.807, 2.05) is 0 Å². The van der Waals surface area contributed by atoms with Gasteiger partial charge >= 0.3 is 12.1 Å². The molecular weight excluding hydrogens is 383 g/mol. The summed E-state index contributed by atoms with van der Waals surface area (Å²) in [6, 6.07) is 11.5. The van der Waals surface area contributed by atoms with Gasteiger partial charge in [-0.05, 0) is 18.2 Å². The fraction of sp³-hybridized carbons (Fsp3) is 0.105. The molecule has 3 aromatic rings. The van der Waals surface area contributed by atoms with E-state index in [9.17, 15) is 22.8 Å². The fourth-order valence-electron chi connectivity index (χ4n) is 2.56. The van der Waals surface area contributed by atoms with Crippen LogP contribution in [0.1, 0.15) is 26.3 Å². The number of benzene rings is 2. The minimum atomic E-state index is -4.80. The van der Waals surface area contributed by atoms with Gasteiger partial charge in [0, 0.05) is 22.2 Å². The highest BCUT2D eigenvalue weighted by Gasteiger charge is 2.38. The zero-order valence-corrected chi connectivity index (χ0v) is 14.3. The summed E-state index contributed by atoms with van der Waals surface area (Å²) in [5, 5.41) is 0.0888. The van der Waals surface area contributed by atoms with Crippen LogP contribution in [0.3, 0.4) is 0 Å². The molecule has 8 heteroatoms. The van der Waals surface area contributed by atoms with Crippen molar-refractivity contribution in [3.8, 4) is 0 Å². The summed E-state index contributed by atoms with van der Waals surface area (Å²) in [5.41, 5.74) is -1.62. The fourth-order valence-corrected chi connectivity index (χ4v) is 2.75. The highest BCUT2D eigenvalue weighted by Crippen LogP contribution is 2.37. The number of hydrogen-bond acceptors (Lipinski definition) is 4. The van der Waals surface area contributed by atoms with Gasteiger partial charge in [0.25, 0.3) is 0 Å². The van der Waals surface area contributed by atoms with Crippen molar-refractivity contribution in [2.45, 2.75) is 6.18 Å². The lowest BCUT2D eigenvalue weighted by atomic mass is 10.0. The number of rotatable bonds is 4. The molecule has 3 rings (SSSR count). The predicted molar refractivity (Wildman–Crippen MR) is 92.8 cm³/mol. The van der Waals surface area contributed by atoms with E-state index in [1.54, 1.807) is 6.07 Å². The number of pyridine rings is 1. The van der Waals surface area contributed by atoms with E-state index in [4.69, 9.17) is 16.3 Å². The van der Waals surface area contributed by atoms with Crippen molar-refractivity contribution in [3.63, 3.8) is 0 Å². The summed E-state index contributed by atoms with van der Waals surface area (Å²) in [4.78, 5) is 28.1. The Morgan fingerprint density at radius 3 is 2.52 bits per heavy atom. The minimum absolute atomic E-state index is 0.0939. The lowest BCUT2D eigenvalue weighted by Gasteiger charge is -2.14. The molecule has 4 nitrogen and oxygen atoms in total. The maximum Gasteiger partial charge on any atom is 0.417 e. The van der Waals surface area contributed by atoms with Crippen LogP contribution >= 0.6 is 11.6 Å². The van der Waals surface area contributed by atoms with Crippen LogP contribution in [-0.2, 0) is 10.9 Å². The highest BCUT2D eigenvalue weighted by atomic mass is 35.5. The number of ether oxygens (including phenoxy) is 1. The third-order valence-corrected chi connectivity index (χ3v) is 3.99. The van der Waals surface area contributed by atoms with Crippen LogP contribution in [0.4, 0.5) is 13.2 Å². The molecule has 0 unspecified atom stereocenters. The first-order valence-electron chi connectivity index (χ1n) is 7.68. The molecule has 0 aliphatic carbocycles. The zero-order valence-electron chi connectivity index (χ0n) is 13.6. The summed E-state index contributed by atoms with van der Waals surface area (Å²) in [6.45, 7) is -0.719. The Morgan fingerprint density at radius 2 is 1.81 bits per heavy atom. The summed E-state index contributed by atoms with van der Waals surface area (Å²) in [7, 11) is 0. The molecule has 0 atom stereocenters. The molecule has 0 aliphatic rings. The van der Waals surface area contributed by atoms with Gasteiger partial charge in [0.05, 0.1) is 16.6 Å². The number of carbonyl (C=O) groups excluding carboxylic acids is 2. The zero-order chi connectivity index (χ0) is 19.6. The first-order valence-corrected chi connectivity index (χ1v) is 8.06. The number of Topliss-reactive ketones (excluding diaryl/α,β-unsaturated/α-hetero) is 1. The molecule has 0 spiro atoms. The Labute approximate surface area is 156 Å². The molecular formula is C19H11ClF3NO3. The van der Waals surface area contributed by atoms with Crippen molar-refractivity contribution in [1.82, 2.24) is 4.98 Å². The van der Waals surface area contributed by atoms with Crippen molar-refractivity contribution in [3.05, 3.63) is 76.4 Å². The van der Waals surface area contributed by atoms with E-state index in [-0.39, 0.29) is 16.5 Å². The third kappa shape index (κ3) is 4.09. The molecule has 0 saturated heterocycles. The van der Waals surface area contributed by atoms with Crippen LogP contribution in [0.5, 0.6) is 0 Å². The molecule has 0 aliphatic heterocycles. The van der Waals surface area contributed by atoms with Gasteiger partial charge in [-0.15, -0.1) is 0 Å². The Balaban J connectivity index is 1.89. The van der Waals surface area contributed by atoms with E-state index in [0.717, 1.165) is 6.20 Å². The van der Waals surface area contributed by atoms with Crippen molar-refractivity contribution in [2.75, 3.05) is 6.61 Å². The van der Waals surface area contributed by atoms with Gasteiger partial charge in [-0.1, -0.05) is 41.9 Å². The number of hydrogen-bond donors (Lipinski definition) is 0. The number of para-hydroxylation sites is 1. The molecule has 0 fully saturated rings. The quantitative estimate of drug-likeness (QED) is 0.465. The monoisotopic (exact) mass is 393 g/mol. The number of halogens is 4. The molecule has 0 saturated carbocycles. The van der Waals surface area contributed by atoms with E-state index in [0.29, 0.717) is 5.02 Å². The Morgan fingerprint density at radius 1 is 1.07 bits per heavy atom. The molecule has 0 radical (unpaired) electrons. The first kappa shape index (κ1) is 18.8. The molecule has 1 heterocycles. The number of alkyl halides is 3. The SMILES string of the molecule is O=C(COC(=O)c1cnc2ccccc2c1C(F)(F)F)c1cccc(Cl)c1. The molecule has 2 aromatic carbocycles. The molecule has 0 N–H and O–H groups in total. The summed E-state index contributed by atoms with van der Waals surface area (Å²) in [6.07, 6.45) is -3.99. The van der Waals surface area contributed by atoms with Crippen LogP contribution in [0.15, 0.2) is 54.7 Å². The molecule has 1 aromatic heterocycles. The van der Waals surface area contributed by atoms with Crippen LogP contribution in [-0.4, -0.2) is 23.3 Å². The van der Waals surface area contributed by atoms with E-state index in [2.05, 4.69) is 4.98 Å². The highest BCUT2D eigenvalue weighted by molar-refractivity contribution is 6.31. The largest absolute Gasteiger partial charge is 0.454 e. The van der Waals surface area contributed by atoms with Gasteiger partial charge in [0.1, 0.15) is 0 Å². The van der Waals surface area contributed by atoms with Gasteiger partial charge in [0.15, 0.2) is 12.4 Å². The van der Waals surface area contributed by atoms with E-state index < -0.39 is 35.7 Å². The normalized spacial score (nSPS) is 11.4. The second-order valence-corrected chi connectivity index (χ2v) is 6.01. The van der Waals surface area contributed by atoms with Crippen molar-refractivity contribution < 1.29 is 27.5 Å². The molecule has 0 amide bonds. The van der Waals surface area contributed by atoms with E-state index >= 15 is 0 Å². The standard InChI is InChI=1S/C19H11ClF3NO3/c20-12-5-3-4-11(8-12)16(25)10-27-18(26)14-9-24-15-7-2-1-6-13(15)17(14)19(21,22)23/h1-9H,10H2. The van der Waals surface area contributed by atoms with Crippen molar-refractivity contribution in [1.29, 1.82) is 0 Å². The van der Waals surface area contributed by atoms with E-state index in [1.165, 1.54) is 42.5 Å². The Hall–Kier alpha value is -2.93. The number of nitrogens with zero attached hydrogens (tertiary/aromatic N) is 1. The Kier molecular flexibility index (Phi) is 5.14. The second-order valence-electron chi connectivity index (χ2n) is 5.57. The predicted octanol–water partition coefficient (Wildman–Crippen LogP) is 4.95. The summed E-state index contributed by atoms with van der Waals surface area (Å²) in [5.74, 6) is -1.87. The third-order valence-electron chi connectivity index (χ3n) is 3.76. The van der Waals surface area contributed by atoms with Gasteiger partial charge in [-0.25, -0.2) is 4.79 Å². The number of carbonyl (C=O) groups is 2. The molecule has 138 valence electrons. The number of esters is 1. The molecule has 27 heavy (non-hydrogen) atoms. The topological polar surface area (TPSA) is 56.3 Å². The summed E-state index contributed by atoms with van der Waals surface area (Å²) < 4.78 is 45.4. The maximum absolute atomic E-state index is 13.5. The molecule has 0 bridgehead atoms. The average Bonchev–Trinajstić information content (AvgIpc) is 2.64. The van der Waals surface area contributed by atoms with Gasteiger partial charge < -0.3 is 4.74 Å². The van der Waals surface area contributed by atoms with Crippen LogP contribution < -0.4 is 0 Å². The van der Waals surface area contributed by atoms with Gasteiger partial charge in [-0.3, -0.25) is 9.78 Å². The Bertz CT molecular complexity index is 1030. The van der Waals surface area contributed by atoms with Crippen LogP contribution in [0, 0.1) is 0 Å². The smallest absolute Gasteiger partial charge is 0.417 e. The maximum atomic E-state index is 13.5. The number of fused-ring (bicyclic) bond motifs is 1. The lowest BCUT2D eigenvalue weighted by molar-refractivity contribution is -0.136. The second kappa shape index (κ2) is 7.36. The average molecular weight is 394 g/mol. The van der Waals surface area contributed by atoms with Gasteiger partial charge in [0.2, 0.25) is 0 Å². The number of ketones is 1. The van der Waals surface area contributed by atoms with Gasteiger partial charge in [-0.2, -0.15) is 13.2 Å². The van der Waals surface area contributed by atoms with Crippen molar-refractivity contribution in [2.24, 2.45) is 0 Å². The van der Waals surface area contributed by atoms with Crippen LogP contribution in [0.25, 0.3) is 10.9 Å².